The fraction of sp³-hybridized carbons (Fsp3) is 0.235. The third-order valence-electron chi connectivity index (χ3n) is 3.34. The quantitative estimate of drug-likeness (QED) is 0.855. The molecule has 0 aromatic heterocycles. The van der Waals surface area contributed by atoms with Crippen molar-refractivity contribution in [3.8, 4) is 0 Å². The molecule has 1 N–H and O–H groups in total. The molecule has 21 heavy (non-hydrogen) atoms. The fourth-order valence-corrected chi connectivity index (χ4v) is 2.53. The Bertz CT molecular complexity index is 655. The van der Waals surface area contributed by atoms with Crippen molar-refractivity contribution in [3.05, 3.63) is 63.6 Å². The monoisotopic (exact) mass is 346 g/mol. The highest BCUT2D eigenvalue weighted by Crippen LogP contribution is 2.19. The molecule has 0 fully saturated rings. The Morgan fingerprint density at radius 3 is 2.57 bits per heavy atom. The topological polar surface area (TPSA) is 32.3 Å². The van der Waals surface area contributed by atoms with Crippen molar-refractivity contribution in [2.24, 2.45) is 0 Å². The molecule has 0 aliphatic heterocycles. The summed E-state index contributed by atoms with van der Waals surface area (Å²) in [5, 5.41) is 2.95. The number of amides is 2. The zero-order chi connectivity index (χ0) is 15.4. The first-order valence-electron chi connectivity index (χ1n) is 6.80. The van der Waals surface area contributed by atoms with Gasteiger partial charge in [0.05, 0.1) is 0 Å². The van der Waals surface area contributed by atoms with Gasteiger partial charge in [0.1, 0.15) is 0 Å². The zero-order valence-electron chi connectivity index (χ0n) is 12.5. The van der Waals surface area contributed by atoms with Gasteiger partial charge in [-0.3, -0.25) is 0 Å². The van der Waals surface area contributed by atoms with E-state index in [1.165, 1.54) is 5.56 Å². The van der Waals surface area contributed by atoms with Gasteiger partial charge in [-0.15, -0.1) is 0 Å². The molecule has 0 heterocycles. The van der Waals surface area contributed by atoms with Crippen LogP contribution in [0.25, 0.3) is 0 Å². The van der Waals surface area contributed by atoms with Crippen molar-refractivity contribution in [2.45, 2.75) is 20.4 Å². The summed E-state index contributed by atoms with van der Waals surface area (Å²) in [5.74, 6) is 0. The Balaban J connectivity index is 2.04. The molecule has 0 saturated carbocycles. The molecule has 2 aromatic rings. The van der Waals surface area contributed by atoms with Gasteiger partial charge in [0.25, 0.3) is 0 Å². The average molecular weight is 347 g/mol. The van der Waals surface area contributed by atoms with Crippen LogP contribution in [0.1, 0.15) is 16.7 Å². The van der Waals surface area contributed by atoms with Crippen LogP contribution in [-0.4, -0.2) is 18.0 Å². The number of hydrogen-bond donors (Lipinski definition) is 1. The van der Waals surface area contributed by atoms with Crippen LogP contribution < -0.4 is 5.32 Å². The minimum atomic E-state index is -0.113. The lowest BCUT2D eigenvalue weighted by molar-refractivity contribution is 0.220. The minimum Gasteiger partial charge on any atom is -0.323 e. The van der Waals surface area contributed by atoms with Crippen LogP contribution in [-0.2, 0) is 6.54 Å². The molecule has 2 rings (SSSR count). The molecule has 110 valence electrons. The Labute approximate surface area is 134 Å². The van der Waals surface area contributed by atoms with Crippen LogP contribution in [0.4, 0.5) is 10.5 Å². The van der Waals surface area contributed by atoms with Crippen LogP contribution in [0.2, 0.25) is 0 Å². The molecular weight excluding hydrogens is 328 g/mol. The van der Waals surface area contributed by atoms with Crippen LogP contribution in [0.15, 0.2) is 46.9 Å². The molecule has 2 aromatic carbocycles. The number of hydrogen-bond acceptors (Lipinski definition) is 1. The fourth-order valence-electron chi connectivity index (χ4n) is 2.12. The number of anilines is 1. The van der Waals surface area contributed by atoms with Crippen molar-refractivity contribution in [1.29, 1.82) is 0 Å². The van der Waals surface area contributed by atoms with Crippen molar-refractivity contribution in [2.75, 3.05) is 12.4 Å². The molecule has 2 amide bonds. The maximum absolute atomic E-state index is 12.3. The zero-order valence-corrected chi connectivity index (χ0v) is 14.1. The summed E-state index contributed by atoms with van der Waals surface area (Å²) in [6.07, 6.45) is 0. The number of carbonyl (C=O) groups excluding carboxylic acids is 1. The van der Waals surface area contributed by atoms with Gasteiger partial charge in [0.2, 0.25) is 0 Å². The molecule has 0 radical (unpaired) electrons. The number of aryl methyl sites for hydroxylation is 2. The standard InChI is InChI=1S/C17H19BrN2O/c1-12-8-9-16(13(2)10-12)19-17(21)20(3)11-14-6-4-5-7-15(14)18/h4-10H,11H2,1-3H3,(H,19,21). The first kappa shape index (κ1) is 15.6. The van der Waals surface area contributed by atoms with Gasteiger partial charge in [0, 0.05) is 23.8 Å². The predicted octanol–water partition coefficient (Wildman–Crippen LogP) is 4.73. The van der Waals surface area contributed by atoms with Crippen LogP contribution >= 0.6 is 15.9 Å². The van der Waals surface area contributed by atoms with Crippen LogP contribution in [0.5, 0.6) is 0 Å². The molecule has 0 aliphatic carbocycles. The first-order valence-corrected chi connectivity index (χ1v) is 7.59. The predicted molar refractivity (Wildman–Crippen MR) is 90.5 cm³/mol. The third kappa shape index (κ3) is 4.08. The molecule has 0 unspecified atom stereocenters. The lowest BCUT2D eigenvalue weighted by Gasteiger charge is -2.19. The van der Waals surface area contributed by atoms with E-state index in [9.17, 15) is 4.79 Å². The first-order chi connectivity index (χ1) is 9.97. The maximum Gasteiger partial charge on any atom is 0.321 e. The van der Waals surface area contributed by atoms with E-state index in [1.54, 1.807) is 11.9 Å². The molecule has 4 heteroatoms. The number of rotatable bonds is 3. The van der Waals surface area contributed by atoms with Crippen molar-refractivity contribution >= 4 is 27.6 Å². The number of benzene rings is 2. The highest BCUT2D eigenvalue weighted by atomic mass is 79.9. The lowest BCUT2D eigenvalue weighted by atomic mass is 10.1. The number of urea groups is 1. The largest absolute Gasteiger partial charge is 0.323 e. The van der Waals surface area contributed by atoms with Crippen molar-refractivity contribution in [1.82, 2.24) is 4.90 Å². The molecule has 0 spiro atoms. The van der Waals surface area contributed by atoms with Gasteiger partial charge in [-0.05, 0) is 37.1 Å². The summed E-state index contributed by atoms with van der Waals surface area (Å²) in [6.45, 7) is 4.59. The minimum absolute atomic E-state index is 0.113. The highest BCUT2D eigenvalue weighted by Gasteiger charge is 2.11. The molecule has 3 nitrogen and oxygen atoms in total. The second kappa shape index (κ2) is 6.76. The average Bonchev–Trinajstić information content (AvgIpc) is 2.44. The second-order valence-corrected chi connectivity index (χ2v) is 6.05. The maximum atomic E-state index is 12.3. The van der Waals surface area contributed by atoms with E-state index < -0.39 is 0 Å². The molecule has 0 atom stereocenters. The van der Waals surface area contributed by atoms with Gasteiger partial charge in [-0.2, -0.15) is 0 Å². The molecule has 0 aliphatic rings. The van der Waals surface area contributed by atoms with Gasteiger partial charge < -0.3 is 10.2 Å². The van der Waals surface area contributed by atoms with Gasteiger partial charge in [-0.1, -0.05) is 51.8 Å². The van der Waals surface area contributed by atoms with E-state index in [2.05, 4.69) is 27.3 Å². The smallest absolute Gasteiger partial charge is 0.321 e. The van der Waals surface area contributed by atoms with E-state index in [0.717, 1.165) is 21.3 Å². The summed E-state index contributed by atoms with van der Waals surface area (Å²) < 4.78 is 1.01. The SMILES string of the molecule is Cc1ccc(NC(=O)N(C)Cc2ccccc2Br)c(C)c1. The summed E-state index contributed by atoms with van der Waals surface area (Å²) >= 11 is 3.50. The van der Waals surface area contributed by atoms with E-state index in [1.807, 2.05) is 50.2 Å². The number of halogens is 1. The second-order valence-electron chi connectivity index (χ2n) is 5.20. The molecule has 0 bridgehead atoms. The van der Waals surface area contributed by atoms with E-state index >= 15 is 0 Å². The van der Waals surface area contributed by atoms with Crippen molar-refractivity contribution < 1.29 is 4.79 Å². The summed E-state index contributed by atoms with van der Waals surface area (Å²) in [5.41, 5.74) is 4.19. The Hall–Kier alpha value is -1.81. The number of nitrogens with one attached hydrogen (secondary N) is 1. The Morgan fingerprint density at radius 1 is 1.19 bits per heavy atom. The number of nitrogens with zero attached hydrogens (tertiary/aromatic N) is 1. The third-order valence-corrected chi connectivity index (χ3v) is 4.11. The Kier molecular flexibility index (Phi) is 5.02. The van der Waals surface area contributed by atoms with E-state index in [0.29, 0.717) is 6.54 Å². The lowest BCUT2D eigenvalue weighted by Crippen LogP contribution is -2.31. The van der Waals surface area contributed by atoms with Gasteiger partial charge in [-0.25, -0.2) is 4.79 Å². The molecule has 0 saturated heterocycles. The summed E-state index contributed by atoms with van der Waals surface area (Å²) in [6, 6.07) is 13.8. The van der Waals surface area contributed by atoms with Crippen LogP contribution in [0, 0.1) is 13.8 Å². The normalized spacial score (nSPS) is 10.3. The van der Waals surface area contributed by atoms with Gasteiger partial charge in [0.15, 0.2) is 0 Å². The molecular formula is C17H19BrN2O. The summed E-state index contributed by atoms with van der Waals surface area (Å²) in [4.78, 5) is 13.9. The van der Waals surface area contributed by atoms with E-state index in [4.69, 9.17) is 0 Å². The summed E-state index contributed by atoms with van der Waals surface area (Å²) in [7, 11) is 1.79. The van der Waals surface area contributed by atoms with Crippen LogP contribution in [0.3, 0.4) is 0 Å². The Morgan fingerprint density at radius 2 is 1.90 bits per heavy atom. The highest BCUT2D eigenvalue weighted by molar-refractivity contribution is 9.10. The van der Waals surface area contributed by atoms with Crippen molar-refractivity contribution in [3.63, 3.8) is 0 Å². The van der Waals surface area contributed by atoms with Gasteiger partial charge >= 0.3 is 6.03 Å². The van der Waals surface area contributed by atoms with E-state index in [-0.39, 0.29) is 6.03 Å². The number of carbonyl (C=O) groups is 1.